The maximum atomic E-state index is 9.84. The summed E-state index contributed by atoms with van der Waals surface area (Å²) in [6.07, 6.45) is 0. The molecule has 92 valence electrons. The first kappa shape index (κ1) is 15.5. The van der Waals surface area contributed by atoms with Crippen molar-refractivity contribution in [3.05, 3.63) is 23.3 Å². The van der Waals surface area contributed by atoms with Crippen LogP contribution in [0.5, 0.6) is 5.75 Å². The van der Waals surface area contributed by atoms with Gasteiger partial charge in [-0.25, -0.2) is 0 Å². The van der Waals surface area contributed by atoms with E-state index in [1.807, 2.05) is 13.0 Å². The van der Waals surface area contributed by atoms with Gasteiger partial charge in [0.1, 0.15) is 11.4 Å². The Labute approximate surface area is 109 Å². The molecule has 3 heteroatoms. The average molecular weight is 288 g/mol. The fraction of sp³-hybridized carbons (Fsp3) is 0.538. The number of nitrogens with zero attached hydrogens (tertiary/aromatic N) is 1. The Balaban J connectivity index is 0.00000225. The van der Waals surface area contributed by atoms with Crippen LogP contribution in [0, 0.1) is 6.92 Å². The molecule has 0 heterocycles. The van der Waals surface area contributed by atoms with Crippen molar-refractivity contribution in [1.29, 1.82) is 0 Å². The Kier molecular flexibility index (Phi) is 5.02. The van der Waals surface area contributed by atoms with Crippen LogP contribution in [0.4, 0.5) is 5.69 Å². The second-order valence-electron chi connectivity index (χ2n) is 5.36. The third kappa shape index (κ3) is 3.22. The SMILES string of the molecule is Cc1cc(O)c(C(C)C)cc1[N+](C)(C)C.[Br-]. The van der Waals surface area contributed by atoms with E-state index in [1.54, 1.807) is 0 Å². The molecule has 16 heavy (non-hydrogen) atoms. The van der Waals surface area contributed by atoms with Crippen molar-refractivity contribution in [2.75, 3.05) is 21.1 Å². The monoisotopic (exact) mass is 287 g/mol. The summed E-state index contributed by atoms with van der Waals surface area (Å²) in [5.41, 5.74) is 3.43. The molecule has 0 unspecified atom stereocenters. The van der Waals surface area contributed by atoms with Crippen LogP contribution < -0.4 is 21.5 Å². The lowest BCUT2D eigenvalue weighted by molar-refractivity contribution is -0.00000474. The summed E-state index contributed by atoms with van der Waals surface area (Å²) >= 11 is 0. The van der Waals surface area contributed by atoms with Crippen molar-refractivity contribution in [2.45, 2.75) is 26.7 Å². The van der Waals surface area contributed by atoms with Gasteiger partial charge in [-0.3, -0.25) is 4.48 Å². The van der Waals surface area contributed by atoms with Gasteiger partial charge in [0.25, 0.3) is 0 Å². The van der Waals surface area contributed by atoms with E-state index in [9.17, 15) is 5.11 Å². The molecule has 0 aliphatic rings. The molecule has 0 fully saturated rings. The van der Waals surface area contributed by atoms with Crippen LogP contribution in [0.3, 0.4) is 0 Å². The fourth-order valence-electron chi connectivity index (χ4n) is 1.88. The lowest BCUT2D eigenvalue weighted by atomic mass is 9.98. The highest BCUT2D eigenvalue weighted by Crippen LogP contribution is 2.33. The van der Waals surface area contributed by atoms with Gasteiger partial charge in [0.15, 0.2) is 0 Å². The summed E-state index contributed by atoms with van der Waals surface area (Å²) in [7, 11) is 6.43. The predicted molar refractivity (Wildman–Crippen MR) is 66.5 cm³/mol. The van der Waals surface area contributed by atoms with E-state index in [0.29, 0.717) is 11.7 Å². The maximum absolute atomic E-state index is 9.84. The van der Waals surface area contributed by atoms with Gasteiger partial charge in [-0.15, -0.1) is 0 Å². The van der Waals surface area contributed by atoms with Crippen molar-refractivity contribution in [1.82, 2.24) is 4.48 Å². The summed E-state index contributed by atoms with van der Waals surface area (Å²) in [5.74, 6) is 0.774. The molecule has 0 radical (unpaired) electrons. The number of aromatic hydroxyl groups is 1. The minimum absolute atomic E-state index is 0. The summed E-state index contributed by atoms with van der Waals surface area (Å²) in [6, 6.07) is 3.99. The number of rotatable bonds is 2. The number of halogens is 1. The van der Waals surface area contributed by atoms with Gasteiger partial charge < -0.3 is 22.1 Å². The molecule has 1 aromatic rings. The molecule has 0 aromatic heterocycles. The minimum atomic E-state index is 0. The largest absolute Gasteiger partial charge is 1.00 e. The summed E-state index contributed by atoms with van der Waals surface area (Å²) in [6.45, 7) is 6.25. The summed E-state index contributed by atoms with van der Waals surface area (Å²) < 4.78 is 0.784. The minimum Gasteiger partial charge on any atom is -1.00 e. The fourth-order valence-corrected chi connectivity index (χ4v) is 1.88. The standard InChI is InChI=1S/C13H21NO.BrH/c1-9(2)11-8-12(14(4,5)6)10(3)7-13(11)15;/h7-9H,1-6H3;1H. The number of phenolic OH excluding ortho intramolecular Hbond substituents is 1. The van der Waals surface area contributed by atoms with Gasteiger partial charge in [-0.1, -0.05) is 13.8 Å². The van der Waals surface area contributed by atoms with Crippen LogP contribution in [-0.4, -0.2) is 26.2 Å². The van der Waals surface area contributed by atoms with E-state index < -0.39 is 0 Å². The van der Waals surface area contributed by atoms with Crippen LogP contribution in [0.25, 0.3) is 0 Å². The zero-order valence-corrected chi connectivity index (χ0v) is 12.6. The lowest BCUT2D eigenvalue weighted by Gasteiger charge is -2.26. The van der Waals surface area contributed by atoms with Crippen molar-refractivity contribution >= 4 is 5.69 Å². The molecule has 0 amide bonds. The van der Waals surface area contributed by atoms with Gasteiger partial charge in [-0.05, 0) is 18.9 Å². The quantitative estimate of drug-likeness (QED) is 0.761. The lowest BCUT2D eigenvalue weighted by Crippen LogP contribution is -3.00. The highest BCUT2D eigenvalue weighted by atomic mass is 79.9. The molecule has 0 atom stereocenters. The van der Waals surface area contributed by atoms with Gasteiger partial charge in [-0.2, -0.15) is 0 Å². The number of hydrogen-bond donors (Lipinski definition) is 1. The van der Waals surface area contributed by atoms with E-state index in [1.165, 1.54) is 5.69 Å². The van der Waals surface area contributed by atoms with E-state index in [2.05, 4.69) is 41.1 Å². The molecule has 0 saturated carbocycles. The smallest absolute Gasteiger partial charge is 0.135 e. The van der Waals surface area contributed by atoms with Gasteiger partial charge >= 0.3 is 0 Å². The molecule has 0 spiro atoms. The van der Waals surface area contributed by atoms with E-state index in [0.717, 1.165) is 15.6 Å². The molecule has 0 saturated heterocycles. The number of quaternary nitrogens is 1. The first-order chi connectivity index (χ1) is 6.73. The molecular weight excluding hydrogens is 266 g/mol. The van der Waals surface area contributed by atoms with Crippen molar-refractivity contribution in [2.24, 2.45) is 0 Å². The first-order valence-electron chi connectivity index (χ1n) is 5.39. The molecule has 1 aromatic carbocycles. The second kappa shape index (κ2) is 5.19. The third-order valence-electron chi connectivity index (χ3n) is 2.69. The Hall–Kier alpha value is -0.540. The van der Waals surface area contributed by atoms with Crippen molar-refractivity contribution in [3.63, 3.8) is 0 Å². The number of phenols is 1. The highest BCUT2D eigenvalue weighted by Gasteiger charge is 2.19. The van der Waals surface area contributed by atoms with E-state index >= 15 is 0 Å². The molecule has 1 N–H and O–H groups in total. The van der Waals surface area contributed by atoms with E-state index in [4.69, 9.17) is 0 Å². The zero-order valence-electron chi connectivity index (χ0n) is 11.0. The van der Waals surface area contributed by atoms with Crippen LogP contribution >= 0.6 is 0 Å². The van der Waals surface area contributed by atoms with Gasteiger partial charge in [0.2, 0.25) is 0 Å². The third-order valence-corrected chi connectivity index (χ3v) is 2.69. The average Bonchev–Trinajstić information content (AvgIpc) is 2.00. The Morgan fingerprint density at radius 1 is 1.12 bits per heavy atom. The maximum Gasteiger partial charge on any atom is 0.135 e. The molecule has 1 rings (SSSR count). The molecule has 0 aliphatic heterocycles. The normalized spacial score (nSPS) is 11.4. The Morgan fingerprint density at radius 3 is 2.00 bits per heavy atom. The number of aryl methyl sites for hydroxylation is 1. The van der Waals surface area contributed by atoms with Crippen molar-refractivity contribution < 1.29 is 22.1 Å². The van der Waals surface area contributed by atoms with Gasteiger partial charge in [0, 0.05) is 17.2 Å². The highest BCUT2D eigenvalue weighted by molar-refractivity contribution is 5.56. The first-order valence-corrected chi connectivity index (χ1v) is 5.39. The second-order valence-corrected chi connectivity index (χ2v) is 5.36. The number of benzene rings is 1. The molecule has 2 nitrogen and oxygen atoms in total. The molecule has 0 aliphatic carbocycles. The number of hydrogen-bond acceptors (Lipinski definition) is 1. The zero-order chi connectivity index (χ0) is 11.8. The van der Waals surface area contributed by atoms with Crippen LogP contribution in [0.2, 0.25) is 0 Å². The van der Waals surface area contributed by atoms with Crippen LogP contribution in [-0.2, 0) is 0 Å². The Bertz CT molecular complexity index is 367. The molecule has 0 bridgehead atoms. The van der Waals surface area contributed by atoms with E-state index in [-0.39, 0.29) is 17.0 Å². The summed E-state index contributed by atoms with van der Waals surface area (Å²) in [5, 5.41) is 9.84. The van der Waals surface area contributed by atoms with Crippen LogP contribution in [0.15, 0.2) is 12.1 Å². The predicted octanol–water partition coefficient (Wildman–Crippen LogP) is 0.0247. The van der Waals surface area contributed by atoms with Crippen molar-refractivity contribution in [3.8, 4) is 5.75 Å². The topological polar surface area (TPSA) is 20.2 Å². The Morgan fingerprint density at radius 2 is 1.62 bits per heavy atom. The van der Waals surface area contributed by atoms with Gasteiger partial charge in [0.05, 0.1) is 21.1 Å². The summed E-state index contributed by atoms with van der Waals surface area (Å²) in [4.78, 5) is 0. The molecular formula is C13H22BrNO. The van der Waals surface area contributed by atoms with Crippen LogP contribution in [0.1, 0.15) is 30.9 Å².